The van der Waals surface area contributed by atoms with Gasteiger partial charge in [-0.2, -0.15) is 0 Å². The molecule has 104 valence electrons. The van der Waals surface area contributed by atoms with Crippen LogP contribution in [0.5, 0.6) is 0 Å². The molecule has 0 aliphatic heterocycles. The molecule has 0 saturated carbocycles. The number of alkyl halides is 1. The van der Waals surface area contributed by atoms with Gasteiger partial charge >= 0.3 is 0 Å². The van der Waals surface area contributed by atoms with E-state index in [2.05, 4.69) is 10.6 Å². The van der Waals surface area contributed by atoms with Crippen molar-refractivity contribution in [2.75, 3.05) is 17.2 Å². The van der Waals surface area contributed by atoms with Crippen LogP contribution >= 0.6 is 11.6 Å². The Hall–Kier alpha value is -2.00. The second-order valence-electron chi connectivity index (χ2n) is 4.53. The minimum atomic E-state index is -0.137. The molecule has 0 spiro atoms. The number of benzene rings is 2. The molecule has 1 atom stereocenters. The number of rotatable bonds is 5. The summed E-state index contributed by atoms with van der Waals surface area (Å²) in [6.45, 7) is 2.51. The van der Waals surface area contributed by atoms with Crippen LogP contribution in [0.4, 0.5) is 11.4 Å². The van der Waals surface area contributed by atoms with E-state index in [4.69, 9.17) is 11.6 Å². The van der Waals surface area contributed by atoms with Crippen molar-refractivity contribution >= 4 is 28.9 Å². The summed E-state index contributed by atoms with van der Waals surface area (Å²) in [6.07, 6.45) is 0. The molecule has 0 radical (unpaired) electrons. The molecular weight excluding hydrogens is 272 g/mol. The van der Waals surface area contributed by atoms with Gasteiger partial charge in [0.2, 0.25) is 0 Å². The van der Waals surface area contributed by atoms with Crippen LogP contribution in [0.1, 0.15) is 17.3 Å². The molecule has 4 heteroatoms. The summed E-state index contributed by atoms with van der Waals surface area (Å²) in [6, 6.07) is 16.8. The number of hydrogen-bond donors (Lipinski definition) is 2. The quantitative estimate of drug-likeness (QED) is 0.817. The zero-order valence-corrected chi connectivity index (χ0v) is 12.0. The SMILES string of the molecule is CC(Cl)CNc1ccccc1C(=O)Nc1ccccc1. The standard InChI is InChI=1S/C16H17ClN2O/c1-12(17)11-18-15-10-6-5-9-14(15)16(20)19-13-7-3-2-4-8-13/h2-10,12,18H,11H2,1H3,(H,19,20). The van der Waals surface area contributed by atoms with E-state index in [1.54, 1.807) is 6.07 Å². The second kappa shape index (κ2) is 6.96. The third kappa shape index (κ3) is 4.00. The molecule has 0 aliphatic rings. The largest absolute Gasteiger partial charge is 0.383 e. The summed E-state index contributed by atoms with van der Waals surface area (Å²) in [5, 5.41) is 6.06. The Morgan fingerprint density at radius 1 is 1.10 bits per heavy atom. The molecule has 0 fully saturated rings. The van der Waals surface area contributed by atoms with Crippen molar-refractivity contribution in [3.63, 3.8) is 0 Å². The van der Waals surface area contributed by atoms with Crippen molar-refractivity contribution < 1.29 is 4.79 Å². The van der Waals surface area contributed by atoms with Crippen LogP contribution in [-0.2, 0) is 0 Å². The van der Waals surface area contributed by atoms with Crippen LogP contribution in [-0.4, -0.2) is 17.8 Å². The van der Waals surface area contributed by atoms with Crippen LogP contribution in [0, 0.1) is 0 Å². The van der Waals surface area contributed by atoms with Gasteiger partial charge in [0.15, 0.2) is 0 Å². The maximum absolute atomic E-state index is 12.3. The molecular formula is C16H17ClN2O. The summed E-state index contributed by atoms with van der Waals surface area (Å²) in [4.78, 5) is 12.3. The molecule has 2 aromatic carbocycles. The molecule has 2 aromatic rings. The number of nitrogens with one attached hydrogen (secondary N) is 2. The first kappa shape index (κ1) is 14.4. The molecule has 3 nitrogen and oxygen atoms in total. The summed E-state index contributed by atoms with van der Waals surface area (Å²) in [5.41, 5.74) is 2.17. The van der Waals surface area contributed by atoms with E-state index in [1.807, 2.05) is 55.5 Å². The van der Waals surface area contributed by atoms with Crippen molar-refractivity contribution in [1.82, 2.24) is 0 Å². The zero-order valence-electron chi connectivity index (χ0n) is 11.3. The Balaban J connectivity index is 2.13. The van der Waals surface area contributed by atoms with Gasteiger partial charge in [0.1, 0.15) is 0 Å². The number of amides is 1. The molecule has 1 amide bonds. The van der Waals surface area contributed by atoms with Crippen molar-refractivity contribution in [3.05, 3.63) is 60.2 Å². The fourth-order valence-corrected chi connectivity index (χ4v) is 1.88. The molecule has 1 unspecified atom stereocenters. The zero-order chi connectivity index (χ0) is 14.4. The highest BCUT2D eigenvalue weighted by Crippen LogP contribution is 2.17. The van der Waals surface area contributed by atoms with Crippen molar-refractivity contribution in [2.45, 2.75) is 12.3 Å². The van der Waals surface area contributed by atoms with Crippen molar-refractivity contribution in [2.24, 2.45) is 0 Å². The van der Waals surface area contributed by atoms with E-state index in [1.165, 1.54) is 0 Å². The lowest BCUT2D eigenvalue weighted by Crippen LogP contribution is -2.17. The average Bonchev–Trinajstić information content (AvgIpc) is 2.46. The third-order valence-corrected chi connectivity index (χ3v) is 2.93. The number of carbonyl (C=O) groups is 1. The molecule has 0 heterocycles. The Kier molecular flexibility index (Phi) is 5.02. The lowest BCUT2D eigenvalue weighted by Gasteiger charge is -2.13. The maximum Gasteiger partial charge on any atom is 0.257 e. The maximum atomic E-state index is 12.3. The predicted molar refractivity (Wildman–Crippen MR) is 84.6 cm³/mol. The van der Waals surface area contributed by atoms with E-state index in [0.717, 1.165) is 11.4 Å². The van der Waals surface area contributed by atoms with E-state index in [0.29, 0.717) is 12.1 Å². The first-order valence-corrected chi connectivity index (χ1v) is 6.94. The highest BCUT2D eigenvalue weighted by atomic mass is 35.5. The first-order valence-electron chi connectivity index (χ1n) is 6.50. The fourth-order valence-electron chi connectivity index (χ4n) is 1.81. The van der Waals surface area contributed by atoms with Crippen molar-refractivity contribution in [1.29, 1.82) is 0 Å². The van der Waals surface area contributed by atoms with Crippen LogP contribution in [0.25, 0.3) is 0 Å². The lowest BCUT2D eigenvalue weighted by molar-refractivity contribution is 0.102. The van der Waals surface area contributed by atoms with Gasteiger partial charge in [-0.15, -0.1) is 11.6 Å². The monoisotopic (exact) mass is 288 g/mol. The van der Waals surface area contributed by atoms with Gasteiger partial charge < -0.3 is 10.6 Å². The Bertz CT molecular complexity index is 570. The smallest absolute Gasteiger partial charge is 0.257 e. The third-order valence-electron chi connectivity index (χ3n) is 2.78. The lowest BCUT2D eigenvalue weighted by atomic mass is 10.1. The second-order valence-corrected chi connectivity index (χ2v) is 5.27. The van der Waals surface area contributed by atoms with Gasteiger partial charge in [0.25, 0.3) is 5.91 Å². The molecule has 20 heavy (non-hydrogen) atoms. The summed E-state index contributed by atoms with van der Waals surface area (Å²) < 4.78 is 0. The molecule has 0 aromatic heterocycles. The van der Waals surface area contributed by atoms with Crippen LogP contribution < -0.4 is 10.6 Å². The summed E-state index contributed by atoms with van der Waals surface area (Å²) in [5.74, 6) is -0.137. The Morgan fingerprint density at radius 2 is 1.75 bits per heavy atom. The minimum Gasteiger partial charge on any atom is -0.383 e. The number of carbonyl (C=O) groups excluding carboxylic acids is 1. The topological polar surface area (TPSA) is 41.1 Å². The number of anilines is 2. The van der Waals surface area contributed by atoms with E-state index >= 15 is 0 Å². The first-order chi connectivity index (χ1) is 9.66. The van der Waals surface area contributed by atoms with E-state index in [9.17, 15) is 4.79 Å². The highest BCUT2D eigenvalue weighted by Gasteiger charge is 2.11. The fraction of sp³-hybridized carbons (Fsp3) is 0.188. The number of para-hydroxylation sites is 2. The van der Waals surface area contributed by atoms with Gasteiger partial charge in [-0.25, -0.2) is 0 Å². The molecule has 2 rings (SSSR count). The van der Waals surface area contributed by atoms with Gasteiger partial charge in [0, 0.05) is 23.3 Å². The average molecular weight is 289 g/mol. The molecule has 0 bridgehead atoms. The van der Waals surface area contributed by atoms with Gasteiger partial charge in [-0.1, -0.05) is 30.3 Å². The Morgan fingerprint density at radius 3 is 2.45 bits per heavy atom. The normalized spacial score (nSPS) is 11.7. The number of hydrogen-bond acceptors (Lipinski definition) is 2. The van der Waals surface area contributed by atoms with Gasteiger partial charge in [0.05, 0.1) is 5.56 Å². The van der Waals surface area contributed by atoms with E-state index in [-0.39, 0.29) is 11.3 Å². The summed E-state index contributed by atoms with van der Waals surface area (Å²) in [7, 11) is 0. The molecule has 0 saturated heterocycles. The predicted octanol–water partition coefficient (Wildman–Crippen LogP) is 3.98. The van der Waals surface area contributed by atoms with Crippen LogP contribution in [0.15, 0.2) is 54.6 Å². The molecule has 0 aliphatic carbocycles. The van der Waals surface area contributed by atoms with Gasteiger partial charge in [-0.3, -0.25) is 4.79 Å². The Labute approximate surface area is 124 Å². The van der Waals surface area contributed by atoms with Gasteiger partial charge in [-0.05, 0) is 31.2 Å². The molecule has 2 N–H and O–H groups in total. The summed E-state index contributed by atoms with van der Waals surface area (Å²) >= 11 is 5.93. The number of halogens is 1. The highest BCUT2D eigenvalue weighted by molar-refractivity contribution is 6.20. The van der Waals surface area contributed by atoms with Crippen LogP contribution in [0.3, 0.4) is 0 Å². The van der Waals surface area contributed by atoms with E-state index < -0.39 is 0 Å². The minimum absolute atomic E-state index is 0.000223. The van der Waals surface area contributed by atoms with Crippen LogP contribution in [0.2, 0.25) is 0 Å². The van der Waals surface area contributed by atoms with Crippen molar-refractivity contribution in [3.8, 4) is 0 Å².